The largest absolute Gasteiger partial charge is 0.507 e. The monoisotopic (exact) mass is 370 g/mol. The van der Waals surface area contributed by atoms with Crippen LogP contribution in [0, 0.1) is 5.92 Å². The summed E-state index contributed by atoms with van der Waals surface area (Å²) in [4.78, 5) is 26.7. The van der Waals surface area contributed by atoms with Crippen LogP contribution >= 0.6 is 0 Å². The molecule has 1 unspecified atom stereocenters. The second-order valence-corrected chi connectivity index (χ2v) is 8.99. The van der Waals surface area contributed by atoms with Gasteiger partial charge in [-0.05, 0) is 56.2 Å². The Morgan fingerprint density at radius 2 is 2.07 bits per heavy atom. The summed E-state index contributed by atoms with van der Waals surface area (Å²) >= 11 is 0. The zero-order chi connectivity index (χ0) is 19.0. The first kappa shape index (κ1) is 17.2. The molecule has 4 aliphatic rings. The predicted octanol–water partition coefficient (Wildman–Crippen LogP) is 1.25. The van der Waals surface area contributed by atoms with Crippen LogP contribution in [-0.4, -0.2) is 51.5 Å². The summed E-state index contributed by atoms with van der Waals surface area (Å²) in [6.45, 7) is 1.80. The van der Waals surface area contributed by atoms with Crippen LogP contribution < -0.4 is 5.73 Å². The summed E-state index contributed by atoms with van der Waals surface area (Å²) in [6.07, 6.45) is 4.76. The molecule has 144 valence electrons. The smallest absolute Gasteiger partial charge is 0.252 e. The predicted molar refractivity (Wildman–Crippen MR) is 98.5 cm³/mol. The van der Waals surface area contributed by atoms with Gasteiger partial charge in [-0.15, -0.1) is 0 Å². The van der Waals surface area contributed by atoms with E-state index in [0.29, 0.717) is 31.2 Å². The van der Waals surface area contributed by atoms with Gasteiger partial charge in [0.1, 0.15) is 11.5 Å². The molecule has 3 aliphatic carbocycles. The molecule has 27 heavy (non-hydrogen) atoms. The number of phenols is 1. The van der Waals surface area contributed by atoms with E-state index in [2.05, 4.69) is 4.90 Å². The van der Waals surface area contributed by atoms with Crippen molar-refractivity contribution in [2.24, 2.45) is 11.7 Å². The van der Waals surface area contributed by atoms with Crippen molar-refractivity contribution in [3.63, 3.8) is 0 Å². The average Bonchev–Trinajstić information content (AvgIpc) is 3.42. The molecule has 1 saturated heterocycles. The number of fused-ring (bicyclic) bond motifs is 1. The van der Waals surface area contributed by atoms with Crippen molar-refractivity contribution >= 4 is 11.7 Å². The summed E-state index contributed by atoms with van der Waals surface area (Å²) in [5, 5.41) is 22.9. The number of aliphatic hydroxyl groups is 1. The van der Waals surface area contributed by atoms with Gasteiger partial charge in [0.2, 0.25) is 0 Å². The molecule has 3 atom stereocenters. The number of amides is 1. The van der Waals surface area contributed by atoms with E-state index in [0.717, 1.165) is 24.6 Å². The number of nitrogens with two attached hydrogens (primary N) is 1. The molecule has 0 aromatic heterocycles. The van der Waals surface area contributed by atoms with Gasteiger partial charge in [-0.3, -0.25) is 14.5 Å². The number of hydrogen-bond acceptors (Lipinski definition) is 5. The van der Waals surface area contributed by atoms with Crippen LogP contribution in [0.4, 0.5) is 0 Å². The Balaban J connectivity index is 1.70. The molecule has 2 bridgehead atoms. The van der Waals surface area contributed by atoms with E-state index < -0.39 is 16.9 Å². The lowest BCUT2D eigenvalue weighted by molar-refractivity contribution is -0.173. The molecule has 0 spiro atoms. The van der Waals surface area contributed by atoms with E-state index in [1.807, 2.05) is 6.07 Å². The number of ketones is 1. The van der Waals surface area contributed by atoms with Gasteiger partial charge in [0.05, 0.1) is 11.2 Å². The van der Waals surface area contributed by atoms with Crippen molar-refractivity contribution < 1.29 is 19.8 Å². The molecular weight excluding hydrogens is 344 g/mol. The highest BCUT2D eigenvalue weighted by Crippen LogP contribution is 2.60. The number of likely N-dealkylation sites (tertiary alicyclic amines) is 1. The third-order valence-electron chi connectivity index (χ3n) is 7.54. The lowest BCUT2D eigenvalue weighted by Gasteiger charge is -2.63. The summed E-state index contributed by atoms with van der Waals surface area (Å²) in [6, 6.07) is 3.37. The Bertz CT molecular complexity index is 849. The van der Waals surface area contributed by atoms with Crippen LogP contribution in [0.3, 0.4) is 0 Å². The van der Waals surface area contributed by atoms with Crippen LogP contribution in [0.2, 0.25) is 0 Å². The molecule has 2 saturated carbocycles. The third kappa shape index (κ3) is 2.26. The molecule has 4 N–H and O–H groups in total. The number of Topliss-reactive ketones (excluding diaryl/α,β-unsaturated/α-hetero) is 1. The number of carbonyl (C=O) groups excluding carboxylic acids is 2. The average molecular weight is 370 g/mol. The molecule has 5 rings (SSSR count). The number of rotatable bonds is 3. The van der Waals surface area contributed by atoms with Crippen molar-refractivity contribution in [2.75, 3.05) is 13.1 Å². The molecule has 1 aliphatic heterocycles. The van der Waals surface area contributed by atoms with Crippen LogP contribution in [0.15, 0.2) is 12.1 Å². The summed E-state index contributed by atoms with van der Waals surface area (Å²) < 4.78 is 0. The fraction of sp³-hybridized carbons (Fsp3) is 0.619. The maximum atomic E-state index is 12.5. The van der Waals surface area contributed by atoms with Crippen molar-refractivity contribution in [2.45, 2.75) is 62.0 Å². The first-order valence-corrected chi connectivity index (χ1v) is 9.99. The third-order valence-corrected chi connectivity index (χ3v) is 7.54. The van der Waals surface area contributed by atoms with Gasteiger partial charge in [0.25, 0.3) is 5.91 Å². The first-order chi connectivity index (χ1) is 12.9. The van der Waals surface area contributed by atoms with Crippen LogP contribution in [0.5, 0.6) is 5.75 Å². The second kappa shape index (κ2) is 5.55. The number of aromatic hydroxyl groups is 1. The summed E-state index contributed by atoms with van der Waals surface area (Å²) in [5.74, 6) is 0.0112. The number of hydrogen-bond donors (Lipinski definition) is 3. The Kier molecular flexibility index (Phi) is 3.53. The van der Waals surface area contributed by atoms with Gasteiger partial charge in [-0.1, -0.05) is 6.07 Å². The Labute approximate surface area is 158 Å². The number of primary amides is 1. The molecule has 6 heteroatoms. The Hall–Kier alpha value is -1.92. The quantitative estimate of drug-likeness (QED) is 0.743. The molecule has 1 heterocycles. The minimum absolute atomic E-state index is 0.0497. The number of benzene rings is 1. The van der Waals surface area contributed by atoms with E-state index in [1.165, 1.54) is 12.8 Å². The van der Waals surface area contributed by atoms with E-state index >= 15 is 0 Å². The molecule has 1 aromatic rings. The normalized spacial score (nSPS) is 35.4. The molecule has 3 fully saturated rings. The van der Waals surface area contributed by atoms with Gasteiger partial charge in [-0.25, -0.2) is 0 Å². The standard InChI is InChI=1S/C21H26N2O4/c22-19(26)15-4-3-13-9-16-21(27)6-5-14(24)10-20(21,17(13)18(15)25)7-8-23(16)11-12-1-2-12/h3-4,12,16,25,27H,1-2,5-11H2,(H2,22,26)/t16-,20?,21-/m1/s1. The minimum Gasteiger partial charge on any atom is -0.507 e. The molecule has 0 radical (unpaired) electrons. The van der Waals surface area contributed by atoms with Gasteiger partial charge in [0.15, 0.2) is 0 Å². The molecule has 1 amide bonds. The Morgan fingerprint density at radius 1 is 1.30 bits per heavy atom. The van der Waals surface area contributed by atoms with Crippen LogP contribution in [0.1, 0.15) is 60.0 Å². The van der Waals surface area contributed by atoms with Gasteiger partial charge in [-0.2, -0.15) is 0 Å². The maximum absolute atomic E-state index is 12.5. The minimum atomic E-state index is -1.06. The second-order valence-electron chi connectivity index (χ2n) is 8.99. The lowest BCUT2D eigenvalue weighted by Crippen LogP contribution is -2.73. The van der Waals surface area contributed by atoms with E-state index in [1.54, 1.807) is 6.07 Å². The van der Waals surface area contributed by atoms with E-state index in [9.17, 15) is 19.8 Å². The first-order valence-electron chi connectivity index (χ1n) is 9.99. The molecule has 1 aromatic carbocycles. The fourth-order valence-corrected chi connectivity index (χ4v) is 6.05. The Morgan fingerprint density at radius 3 is 2.78 bits per heavy atom. The lowest BCUT2D eigenvalue weighted by atomic mass is 9.49. The highest BCUT2D eigenvalue weighted by atomic mass is 16.3. The van der Waals surface area contributed by atoms with Crippen LogP contribution in [0.25, 0.3) is 0 Å². The topological polar surface area (TPSA) is 104 Å². The highest BCUT2D eigenvalue weighted by molar-refractivity contribution is 5.96. The van der Waals surface area contributed by atoms with Crippen molar-refractivity contribution in [1.82, 2.24) is 4.90 Å². The highest BCUT2D eigenvalue weighted by Gasteiger charge is 2.65. The maximum Gasteiger partial charge on any atom is 0.252 e. The number of piperidine rings is 1. The van der Waals surface area contributed by atoms with Crippen LogP contribution in [-0.2, 0) is 16.6 Å². The molecule has 6 nitrogen and oxygen atoms in total. The number of nitrogens with zero attached hydrogens (tertiary/aromatic N) is 1. The van der Waals surface area contributed by atoms with Crippen molar-refractivity contribution in [1.29, 1.82) is 0 Å². The SMILES string of the molecule is NC(=O)c1ccc2c(c1O)C13CCN(CC4CC4)[C@H](C2)[C@]1(O)CCC(=O)C3. The van der Waals surface area contributed by atoms with Gasteiger partial charge < -0.3 is 15.9 Å². The summed E-state index contributed by atoms with van der Waals surface area (Å²) in [7, 11) is 0. The van der Waals surface area contributed by atoms with Crippen molar-refractivity contribution in [3.8, 4) is 5.75 Å². The summed E-state index contributed by atoms with van der Waals surface area (Å²) in [5.41, 5.74) is 5.16. The number of carbonyl (C=O) groups is 2. The zero-order valence-electron chi connectivity index (χ0n) is 15.4. The van der Waals surface area contributed by atoms with E-state index in [-0.39, 0.29) is 29.6 Å². The van der Waals surface area contributed by atoms with Gasteiger partial charge in [0, 0.05) is 36.4 Å². The fourth-order valence-electron chi connectivity index (χ4n) is 6.05. The zero-order valence-corrected chi connectivity index (χ0v) is 15.4. The van der Waals surface area contributed by atoms with Crippen molar-refractivity contribution in [3.05, 3.63) is 28.8 Å². The van der Waals surface area contributed by atoms with E-state index in [4.69, 9.17) is 5.73 Å². The van der Waals surface area contributed by atoms with Gasteiger partial charge >= 0.3 is 0 Å². The molecular formula is C21H26N2O4.